The summed E-state index contributed by atoms with van der Waals surface area (Å²) in [6.07, 6.45) is 0. The van der Waals surface area contributed by atoms with Gasteiger partial charge in [0.1, 0.15) is 0 Å². The number of thioether (sulfide) groups is 1. The molecule has 1 saturated heterocycles. The molecule has 1 nitrogen and oxygen atoms in total. The van der Waals surface area contributed by atoms with E-state index in [1.807, 2.05) is 0 Å². The van der Waals surface area contributed by atoms with Gasteiger partial charge in [-0.15, -0.1) is 11.8 Å². The molecule has 0 saturated carbocycles. The summed E-state index contributed by atoms with van der Waals surface area (Å²) in [7, 11) is 0. The Bertz CT molecular complexity index is 118. The van der Waals surface area contributed by atoms with E-state index in [9.17, 15) is 8.78 Å². The zero-order valence-electron chi connectivity index (χ0n) is 4.97. The zero-order valence-corrected chi connectivity index (χ0v) is 5.79. The molecule has 0 spiro atoms. The third-order valence-electron chi connectivity index (χ3n) is 1.51. The normalized spacial score (nSPS) is 40.0. The summed E-state index contributed by atoms with van der Waals surface area (Å²) in [6, 6.07) is 0. The van der Waals surface area contributed by atoms with E-state index in [4.69, 9.17) is 5.11 Å². The molecule has 54 valence electrons. The number of aliphatic hydroxyl groups excluding tert-OH is 1. The lowest BCUT2D eigenvalue weighted by atomic mass is 10.1. The van der Waals surface area contributed by atoms with Gasteiger partial charge >= 0.3 is 0 Å². The number of hydrogen-bond acceptors (Lipinski definition) is 2. The van der Waals surface area contributed by atoms with Crippen molar-refractivity contribution in [3.05, 3.63) is 0 Å². The number of hydrogen-bond donors (Lipinski definition) is 1. The molecule has 1 rings (SSSR count). The Labute approximate surface area is 56.4 Å². The first-order valence-electron chi connectivity index (χ1n) is 2.73. The van der Waals surface area contributed by atoms with E-state index in [0.29, 0.717) is 0 Å². The third-order valence-corrected chi connectivity index (χ3v) is 3.02. The molecular weight excluding hydrogens is 146 g/mol. The Morgan fingerprint density at radius 3 is 2.33 bits per heavy atom. The Morgan fingerprint density at radius 2 is 2.22 bits per heavy atom. The minimum Gasteiger partial charge on any atom is -0.395 e. The van der Waals surface area contributed by atoms with Crippen LogP contribution in [-0.2, 0) is 0 Å². The van der Waals surface area contributed by atoms with Crippen molar-refractivity contribution in [1.29, 1.82) is 0 Å². The van der Waals surface area contributed by atoms with E-state index in [-0.39, 0.29) is 0 Å². The quantitative estimate of drug-likeness (QED) is 0.610. The molecule has 0 aromatic rings. The van der Waals surface area contributed by atoms with Crippen molar-refractivity contribution in [2.45, 2.75) is 23.3 Å². The molecule has 2 unspecified atom stereocenters. The molecule has 1 heterocycles. The van der Waals surface area contributed by atoms with Crippen LogP contribution in [0.25, 0.3) is 0 Å². The SMILES string of the molecule is CC1SC(CO)C1(F)F. The van der Waals surface area contributed by atoms with Crippen LogP contribution in [0.5, 0.6) is 0 Å². The largest absolute Gasteiger partial charge is 0.395 e. The summed E-state index contributed by atoms with van der Waals surface area (Å²) in [5.74, 6) is -2.64. The fourth-order valence-corrected chi connectivity index (χ4v) is 1.87. The maximum atomic E-state index is 12.4. The Hall–Kier alpha value is 0.170. The van der Waals surface area contributed by atoms with E-state index in [0.717, 1.165) is 11.8 Å². The Morgan fingerprint density at radius 1 is 1.67 bits per heavy atom. The summed E-state index contributed by atoms with van der Waals surface area (Å²) in [6.45, 7) is 1.05. The van der Waals surface area contributed by atoms with Crippen LogP contribution >= 0.6 is 11.8 Å². The standard InChI is InChI=1S/C5H8F2OS/c1-3-5(6,7)4(2-8)9-3/h3-4,8H,2H2,1H3. The van der Waals surface area contributed by atoms with Crippen molar-refractivity contribution < 1.29 is 13.9 Å². The summed E-state index contributed by atoms with van der Waals surface area (Å²) in [4.78, 5) is 0. The summed E-state index contributed by atoms with van der Waals surface area (Å²) in [5.41, 5.74) is 0. The first kappa shape index (κ1) is 7.28. The fraction of sp³-hybridized carbons (Fsp3) is 1.00. The van der Waals surface area contributed by atoms with Gasteiger partial charge in [-0.05, 0) is 6.92 Å². The molecule has 0 amide bonds. The lowest BCUT2D eigenvalue weighted by Crippen LogP contribution is -2.52. The third kappa shape index (κ3) is 0.942. The predicted molar refractivity (Wildman–Crippen MR) is 32.9 cm³/mol. The lowest BCUT2D eigenvalue weighted by Gasteiger charge is -2.40. The van der Waals surface area contributed by atoms with E-state index < -0.39 is 23.0 Å². The number of rotatable bonds is 1. The van der Waals surface area contributed by atoms with Crippen molar-refractivity contribution in [2.75, 3.05) is 6.61 Å². The molecule has 4 heteroatoms. The highest BCUT2D eigenvalue weighted by molar-refractivity contribution is 8.02. The van der Waals surface area contributed by atoms with Gasteiger partial charge in [-0.3, -0.25) is 0 Å². The highest BCUT2D eigenvalue weighted by atomic mass is 32.2. The molecule has 1 N–H and O–H groups in total. The molecular formula is C5H8F2OS. The second-order valence-electron chi connectivity index (χ2n) is 2.12. The first-order valence-corrected chi connectivity index (χ1v) is 3.67. The van der Waals surface area contributed by atoms with Crippen LogP contribution < -0.4 is 0 Å². The molecule has 2 atom stereocenters. The molecule has 0 bridgehead atoms. The fourth-order valence-electron chi connectivity index (χ4n) is 0.782. The lowest BCUT2D eigenvalue weighted by molar-refractivity contribution is -0.0295. The average Bonchev–Trinajstić information content (AvgIpc) is 1.82. The van der Waals surface area contributed by atoms with Crippen LogP contribution in [-0.4, -0.2) is 28.1 Å². The van der Waals surface area contributed by atoms with E-state index >= 15 is 0 Å². The number of aliphatic hydroxyl groups is 1. The topological polar surface area (TPSA) is 20.2 Å². The van der Waals surface area contributed by atoms with Gasteiger partial charge in [-0.2, -0.15) is 0 Å². The van der Waals surface area contributed by atoms with Crippen LogP contribution in [0.15, 0.2) is 0 Å². The number of alkyl halides is 2. The van der Waals surface area contributed by atoms with Crippen LogP contribution in [0.3, 0.4) is 0 Å². The van der Waals surface area contributed by atoms with Crippen LogP contribution in [0.4, 0.5) is 8.78 Å². The van der Waals surface area contributed by atoms with E-state index in [1.165, 1.54) is 6.92 Å². The van der Waals surface area contributed by atoms with Gasteiger partial charge in [0.25, 0.3) is 5.92 Å². The Kier molecular flexibility index (Phi) is 1.69. The van der Waals surface area contributed by atoms with Crippen molar-refractivity contribution in [1.82, 2.24) is 0 Å². The average molecular weight is 154 g/mol. The van der Waals surface area contributed by atoms with Gasteiger partial charge in [0.05, 0.1) is 17.1 Å². The van der Waals surface area contributed by atoms with Gasteiger partial charge in [0, 0.05) is 0 Å². The van der Waals surface area contributed by atoms with Gasteiger partial charge in [-0.25, -0.2) is 8.78 Å². The van der Waals surface area contributed by atoms with Crippen LogP contribution in [0.2, 0.25) is 0 Å². The highest BCUT2D eigenvalue weighted by Gasteiger charge is 2.55. The maximum absolute atomic E-state index is 12.4. The van der Waals surface area contributed by atoms with Gasteiger partial charge < -0.3 is 5.11 Å². The second kappa shape index (κ2) is 2.09. The minimum absolute atomic E-state index is 0.415. The van der Waals surface area contributed by atoms with Crippen molar-refractivity contribution in [2.24, 2.45) is 0 Å². The van der Waals surface area contributed by atoms with Gasteiger partial charge in [0.2, 0.25) is 0 Å². The smallest absolute Gasteiger partial charge is 0.273 e. The summed E-state index contributed by atoms with van der Waals surface area (Å²) >= 11 is 1.14. The van der Waals surface area contributed by atoms with Gasteiger partial charge in [0.15, 0.2) is 0 Å². The number of halogens is 2. The predicted octanol–water partition coefficient (Wildman–Crippen LogP) is 1.12. The zero-order chi connectivity index (χ0) is 7.07. The molecule has 1 aliphatic heterocycles. The van der Waals surface area contributed by atoms with Crippen molar-refractivity contribution >= 4 is 11.8 Å². The van der Waals surface area contributed by atoms with Crippen LogP contribution in [0, 0.1) is 0 Å². The Balaban J connectivity index is 2.48. The minimum atomic E-state index is -2.64. The molecule has 0 aliphatic carbocycles. The summed E-state index contributed by atoms with van der Waals surface area (Å²) < 4.78 is 24.8. The van der Waals surface area contributed by atoms with Crippen LogP contribution in [0.1, 0.15) is 6.92 Å². The van der Waals surface area contributed by atoms with Crippen molar-refractivity contribution in [3.63, 3.8) is 0 Å². The van der Waals surface area contributed by atoms with E-state index in [1.54, 1.807) is 0 Å². The monoisotopic (exact) mass is 154 g/mol. The van der Waals surface area contributed by atoms with Crippen molar-refractivity contribution in [3.8, 4) is 0 Å². The molecule has 1 fully saturated rings. The highest BCUT2D eigenvalue weighted by Crippen LogP contribution is 2.48. The first-order chi connectivity index (χ1) is 4.09. The maximum Gasteiger partial charge on any atom is 0.273 e. The molecule has 0 aromatic heterocycles. The second-order valence-corrected chi connectivity index (χ2v) is 3.67. The molecule has 1 aliphatic rings. The molecule has 0 aromatic carbocycles. The summed E-state index contributed by atoms with van der Waals surface area (Å²) in [5, 5.41) is 6.87. The molecule has 9 heavy (non-hydrogen) atoms. The van der Waals surface area contributed by atoms with E-state index in [2.05, 4.69) is 0 Å². The molecule has 0 radical (unpaired) electrons. The van der Waals surface area contributed by atoms with Gasteiger partial charge in [-0.1, -0.05) is 0 Å².